The Bertz CT molecular complexity index is 302. The molecular weight excluding hydrogens is 206 g/mol. The van der Waals surface area contributed by atoms with Crippen LogP contribution in [0.4, 0.5) is 0 Å². The van der Waals surface area contributed by atoms with E-state index in [9.17, 15) is 5.11 Å². The summed E-state index contributed by atoms with van der Waals surface area (Å²) in [5.74, 6) is 0. The molecule has 0 fully saturated rings. The molecule has 0 heterocycles. The molecule has 0 radical (unpaired) electrons. The van der Waals surface area contributed by atoms with Crippen molar-refractivity contribution in [1.29, 1.82) is 0 Å². The van der Waals surface area contributed by atoms with Crippen LogP contribution in [0.25, 0.3) is 0 Å². The molecule has 1 rings (SSSR count). The zero-order valence-electron chi connectivity index (χ0n) is 9.53. The lowest BCUT2D eigenvalue weighted by Gasteiger charge is -2.19. The first-order valence-corrected chi connectivity index (χ1v) is 5.97. The van der Waals surface area contributed by atoms with Crippen LogP contribution in [-0.4, -0.2) is 17.1 Å². The molecule has 0 aliphatic rings. The number of hydrogen-bond acceptors (Lipinski definition) is 3. The van der Waals surface area contributed by atoms with Gasteiger partial charge in [0.15, 0.2) is 0 Å². The largest absolute Gasteiger partial charge is 0.381 e. The van der Waals surface area contributed by atoms with Gasteiger partial charge in [0.25, 0.3) is 0 Å². The molecule has 1 aromatic carbocycles. The third kappa shape index (κ3) is 3.86. The third-order valence-corrected chi connectivity index (χ3v) is 3.20. The van der Waals surface area contributed by atoms with Crippen LogP contribution in [0.2, 0.25) is 0 Å². The summed E-state index contributed by atoms with van der Waals surface area (Å²) in [5, 5.41) is 9.38. The Morgan fingerprint density at radius 1 is 1.27 bits per heavy atom. The van der Waals surface area contributed by atoms with Crippen LogP contribution in [0.15, 0.2) is 29.2 Å². The van der Waals surface area contributed by atoms with Crippen molar-refractivity contribution in [2.75, 3.05) is 6.54 Å². The summed E-state index contributed by atoms with van der Waals surface area (Å²) < 4.78 is 0. The van der Waals surface area contributed by atoms with E-state index in [-0.39, 0.29) is 12.0 Å². The lowest BCUT2D eigenvalue weighted by molar-refractivity contribution is 0.271. The van der Waals surface area contributed by atoms with Gasteiger partial charge in [-0.05, 0) is 23.1 Å². The first kappa shape index (κ1) is 12.6. The van der Waals surface area contributed by atoms with E-state index in [1.54, 1.807) is 0 Å². The van der Waals surface area contributed by atoms with E-state index in [0.717, 1.165) is 4.90 Å². The Morgan fingerprint density at radius 3 is 2.20 bits per heavy atom. The zero-order valence-corrected chi connectivity index (χ0v) is 10.3. The summed E-state index contributed by atoms with van der Waals surface area (Å²) in [6, 6.07) is 8.27. The average molecular weight is 225 g/mol. The molecule has 84 valence electrons. The Kier molecular flexibility index (Phi) is 4.20. The lowest BCUT2D eigenvalue weighted by atomic mass is 9.87. The second-order valence-electron chi connectivity index (χ2n) is 4.58. The number of rotatable bonds is 3. The number of nitrogens with two attached hydrogens (primary N) is 1. The van der Waals surface area contributed by atoms with E-state index in [2.05, 4.69) is 32.9 Å². The standard InChI is InChI=1S/C12H19NOS/c1-12(2,3)9-4-6-10(7-5-9)15-11(14)8-13/h4-7,11,14H,8,13H2,1-3H3. The summed E-state index contributed by atoms with van der Waals surface area (Å²) in [6.45, 7) is 6.84. The van der Waals surface area contributed by atoms with E-state index in [1.807, 2.05) is 12.1 Å². The van der Waals surface area contributed by atoms with Crippen LogP contribution in [0.5, 0.6) is 0 Å². The Labute approximate surface area is 95.9 Å². The van der Waals surface area contributed by atoms with Crippen molar-refractivity contribution in [2.24, 2.45) is 5.73 Å². The van der Waals surface area contributed by atoms with E-state index < -0.39 is 5.44 Å². The van der Waals surface area contributed by atoms with Gasteiger partial charge in [0.1, 0.15) is 5.44 Å². The summed E-state index contributed by atoms with van der Waals surface area (Å²) in [5.41, 5.74) is 6.32. The first-order chi connectivity index (χ1) is 6.93. The summed E-state index contributed by atoms with van der Waals surface area (Å²) in [6.07, 6.45) is 0. The van der Waals surface area contributed by atoms with Crippen LogP contribution in [-0.2, 0) is 5.41 Å². The van der Waals surface area contributed by atoms with Crippen molar-refractivity contribution in [3.8, 4) is 0 Å². The van der Waals surface area contributed by atoms with Crippen LogP contribution in [0.3, 0.4) is 0 Å². The molecule has 1 atom stereocenters. The third-order valence-electron chi connectivity index (χ3n) is 2.19. The average Bonchev–Trinajstić information content (AvgIpc) is 2.17. The van der Waals surface area contributed by atoms with Gasteiger partial charge in [0, 0.05) is 11.4 Å². The SMILES string of the molecule is CC(C)(C)c1ccc(SC(O)CN)cc1. The molecule has 0 amide bonds. The maximum Gasteiger partial charge on any atom is 0.116 e. The predicted molar refractivity (Wildman–Crippen MR) is 66.1 cm³/mol. The van der Waals surface area contributed by atoms with Crippen molar-refractivity contribution in [1.82, 2.24) is 0 Å². The summed E-state index contributed by atoms with van der Waals surface area (Å²) in [7, 11) is 0. The maximum absolute atomic E-state index is 9.38. The van der Waals surface area contributed by atoms with Crippen molar-refractivity contribution in [3.05, 3.63) is 29.8 Å². The minimum absolute atomic E-state index is 0.176. The van der Waals surface area contributed by atoms with E-state index in [4.69, 9.17) is 5.73 Å². The number of thioether (sulfide) groups is 1. The van der Waals surface area contributed by atoms with Crippen molar-refractivity contribution < 1.29 is 5.11 Å². The highest BCUT2D eigenvalue weighted by atomic mass is 32.2. The van der Waals surface area contributed by atoms with E-state index in [0.29, 0.717) is 0 Å². The maximum atomic E-state index is 9.38. The molecule has 0 aromatic heterocycles. The minimum Gasteiger partial charge on any atom is -0.381 e. The fraction of sp³-hybridized carbons (Fsp3) is 0.500. The smallest absolute Gasteiger partial charge is 0.116 e. The van der Waals surface area contributed by atoms with Crippen LogP contribution < -0.4 is 5.73 Å². The second-order valence-corrected chi connectivity index (χ2v) is 5.83. The molecular formula is C12H19NOS. The number of hydrogen-bond donors (Lipinski definition) is 2. The van der Waals surface area contributed by atoms with Gasteiger partial charge < -0.3 is 10.8 Å². The molecule has 3 N–H and O–H groups in total. The quantitative estimate of drug-likeness (QED) is 0.613. The topological polar surface area (TPSA) is 46.2 Å². The molecule has 0 spiro atoms. The van der Waals surface area contributed by atoms with Gasteiger partial charge in [-0.2, -0.15) is 0 Å². The molecule has 0 bridgehead atoms. The second kappa shape index (κ2) is 5.01. The highest BCUT2D eigenvalue weighted by Gasteiger charge is 2.13. The zero-order chi connectivity index (χ0) is 11.5. The monoisotopic (exact) mass is 225 g/mol. The first-order valence-electron chi connectivity index (χ1n) is 5.09. The van der Waals surface area contributed by atoms with Gasteiger partial charge in [-0.1, -0.05) is 44.7 Å². The fourth-order valence-corrected chi connectivity index (χ4v) is 1.94. The van der Waals surface area contributed by atoms with Gasteiger partial charge in [0.2, 0.25) is 0 Å². The highest BCUT2D eigenvalue weighted by molar-refractivity contribution is 7.99. The lowest BCUT2D eigenvalue weighted by Crippen LogP contribution is -2.15. The molecule has 0 aliphatic carbocycles. The molecule has 1 unspecified atom stereocenters. The van der Waals surface area contributed by atoms with Crippen LogP contribution >= 0.6 is 11.8 Å². The number of aliphatic hydroxyl groups excluding tert-OH is 1. The fourth-order valence-electron chi connectivity index (χ4n) is 1.24. The van der Waals surface area contributed by atoms with E-state index in [1.165, 1.54) is 17.3 Å². The van der Waals surface area contributed by atoms with Gasteiger partial charge in [-0.15, -0.1) is 0 Å². The predicted octanol–water partition coefficient (Wildman–Crippen LogP) is 2.35. The summed E-state index contributed by atoms with van der Waals surface area (Å²) >= 11 is 1.39. The summed E-state index contributed by atoms with van der Waals surface area (Å²) in [4.78, 5) is 1.06. The Morgan fingerprint density at radius 2 is 1.80 bits per heavy atom. The van der Waals surface area contributed by atoms with Crippen LogP contribution in [0.1, 0.15) is 26.3 Å². The highest BCUT2D eigenvalue weighted by Crippen LogP contribution is 2.26. The van der Waals surface area contributed by atoms with Gasteiger partial charge in [-0.25, -0.2) is 0 Å². The van der Waals surface area contributed by atoms with Gasteiger partial charge in [-0.3, -0.25) is 0 Å². The van der Waals surface area contributed by atoms with Gasteiger partial charge >= 0.3 is 0 Å². The molecule has 0 saturated heterocycles. The van der Waals surface area contributed by atoms with E-state index >= 15 is 0 Å². The van der Waals surface area contributed by atoms with Crippen molar-refractivity contribution in [3.63, 3.8) is 0 Å². The molecule has 3 heteroatoms. The molecule has 0 aliphatic heterocycles. The Hall–Kier alpha value is -0.510. The normalized spacial score (nSPS) is 13.9. The number of aliphatic hydroxyl groups is 1. The van der Waals surface area contributed by atoms with Crippen molar-refractivity contribution in [2.45, 2.75) is 36.5 Å². The van der Waals surface area contributed by atoms with Gasteiger partial charge in [0.05, 0.1) is 0 Å². The molecule has 1 aromatic rings. The Balaban J connectivity index is 2.73. The molecule has 0 saturated carbocycles. The van der Waals surface area contributed by atoms with Crippen molar-refractivity contribution >= 4 is 11.8 Å². The molecule has 2 nitrogen and oxygen atoms in total. The minimum atomic E-state index is -0.509. The molecule has 15 heavy (non-hydrogen) atoms. The number of benzene rings is 1. The van der Waals surface area contributed by atoms with Crippen LogP contribution in [0, 0.1) is 0 Å².